The molecule has 0 atom stereocenters. The number of benzene rings is 1. The summed E-state index contributed by atoms with van der Waals surface area (Å²) in [4.78, 5) is 25.4. The van der Waals surface area contributed by atoms with Crippen LogP contribution in [0.2, 0.25) is 0 Å². The van der Waals surface area contributed by atoms with Gasteiger partial charge in [0.1, 0.15) is 11.3 Å². The molecule has 1 aromatic rings. The van der Waals surface area contributed by atoms with Crippen LogP contribution in [0.4, 0.5) is 0 Å². The van der Waals surface area contributed by atoms with Crippen molar-refractivity contribution in [3.63, 3.8) is 0 Å². The van der Waals surface area contributed by atoms with E-state index in [1.807, 2.05) is 31.2 Å². The van der Waals surface area contributed by atoms with Crippen molar-refractivity contribution in [1.82, 2.24) is 4.90 Å². The Hall–Kier alpha value is -1.69. The quantitative estimate of drug-likeness (QED) is 0.784. The summed E-state index contributed by atoms with van der Waals surface area (Å²) < 4.78 is 5.35. The molecule has 0 unspecified atom stereocenters. The van der Waals surface area contributed by atoms with Crippen molar-refractivity contribution in [2.45, 2.75) is 31.2 Å². The normalized spacial score (nSPS) is 11.0. The number of thioether (sulfide) groups is 1. The second kappa shape index (κ2) is 7.36. The summed E-state index contributed by atoms with van der Waals surface area (Å²) in [6.45, 7) is 5.55. The summed E-state index contributed by atoms with van der Waals surface area (Å²) in [6, 6.07) is 7.46. The SMILES string of the molecule is CCOc1ccc(SCC(=O)N(C)C(C)(C)C(=O)O)cc1. The van der Waals surface area contributed by atoms with E-state index in [1.54, 1.807) is 0 Å². The van der Waals surface area contributed by atoms with Gasteiger partial charge in [-0.2, -0.15) is 0 Å². The summed E-state index contributed by atoms with van der Waals surface area (Å²) in [5.74, 6) is -0.260. The van der Waals surface area contributed by atoms with Gasteiger partial charge in [0.15, 0.2) is 0 Å². The summed E-state index contributed by atoms with van der Waals surface area (Å²) in [6.07, 6.45) is 0. The van der Waals surface area contributed by atoms with Gasteiger partial charge in [0.2, 0.25) is 5.91 Å². The molecule has 0 aromatic heterocycles. The highest BCUT2D eigenvalue weighted by molar-refractivity contribution is 8.00. The van der Waals surface area contributed by atoms with E-state index in [1.165, 1.54) is 37.6 Å². The standard InChI is InChI=1S/C15H21NO4S/c1-5-20-11-6-8-12(9-7-11)21-10-13(17)16(4)15(2,3)14(18)19/h6-9H,5,10H2,1-4H3,(H,18,19). The number of likely N-dealkylation sites (N-methyl/N-ethyl adjacent to an activating group) is 1. The Morgan fingerprint density at radius 3 is 2.33 bits per heavy atom. The highest BCUT2D eigenvalue weighted by atomic mass is 32.2. The molecule has 0 aliphatic rings. The number of hydrogen-bond acceptors (Lipinski definition) is 4. The van der Waals surface area contributed by atoms with Gasteiger partial charge >= 0.3 is 5.97 Å². The van der Waals surface area contributed by atoms with Gasteiger partial charge in [-0.1, -0.05) is 0 Å². The van der Waals surface area contributed by atoms with E-state index in [0.717, 1.165) is 10.6 Å². The maximum absolute atomic E-state index is 12.1. The zero-order chi connectivity index (χ0) is 16.0. The van der Waals surface area contributed by atoms with E-state index in [-0.39, 0.29) is 11.7 Å². The van der Waals surface area contributed by atoms with Crippen LogP contribution in [0.25, 0.3) is 0 Å². The zero-order valence-corrected chi connectivity index (χ0v) is 13.6. The lowest BCUT2D eigenvalue weighted by Gasteiger charge is -2.31. The van der Waals surface area contributed by atoms with Gasteiger partial charge in [-0.05, 0) is 45.0 Å². The third-order valence-corrected chi connectivity index (χ3v) is 4.23. The fourth-order valence-electron chi connectivity index (χ4n) is 1.50. The van der Waals surface area contributed by atoms with E-state index in [4.69, 9.17) is 9.84 Å². The molecule has 0 radical (unpaired) electrons. The van der Waals surface area contributed by atoms with Crippen LogP contribution >= 0.6 is 11.8 Å². The number of carboxylic acid groups (broad SMARTS) is 1. The summed E-state index contributed by atoms with van der Waals surface area (Å²) >= 11 is 1.37. The molecule has 21 heavy (non-hydrogen) atoms. The van der Waals surface area contributed by atoms with Crippen LogP contribution in [-0.2, 0) is 9.59 Å². The molecule has 0 fully saturated rings. The average Bonchev–Trinajstić information content (AvgIpc) is 2.45. The number of carbonyl (C=O) groups is 2. The number of carboxylic acids is 1. The minimum atomic E-state index is -1.21. The van der Waals surface area contributed by atoms with Gasteiger partial charge in [0, 0.05) is 11.9 Å². The highest BCUT2D eigenvalue weighted by Gasteiger charge is 2.34. The average molecular weight is 311 g/mol. The minimum Gasteiger partial charge on any atom is -0.494 e. The molecule has 1 aromatic carbocycles. The first kappa shape index (κ1) is 17.4. The lowest BCUT2D eigenvalue weighted by Crippen LogP contribution is -2.51. The Bertz CT molecular complexity index is 499. The van der Waals surface area contributed by atoms with Gasteiger partial charge < -0.3 is 14.7 Å². The van der Waals surface area contributed by atoms with Gasteiger partial charge in [0.25, 0.3) is 0 Å². The van der Waals surface area contributed by atoms with Crippen molar-refractivity contribution < 1.29 is 19.4 Å². The number of ether oxygens (including phenoxy) is 1. The Labute approximate surface area is 129 Å². The van der Waals surface area contributed by atoms with E-state index in [9.17, 15) is 9.59 Å². The van der Waals surface area contributed by atoms with Crippen LogP contribution in [0.1, 0.15) is 20.8 Å². The fraction of sp³-hybridized carbons (Fsp3) is 0.467. The molecule has 0 heterocycles. The van der Waals surface area contributed by atoms with Gasteiger partial charge in [-0.25, -0.2) is 4.79 Å². The molecular weight excluding hydrogens is 290 g/mol. The topological polar surface area (TPSA) is 66.8 Å². The molecule has 0 bridgehead atoms. The van der Waals surface area contributed by atoms with Crippen LogP contribution in [0.3, 0.4) is 0 Å². The second-order valence-electron chi connectivity index (χ2n) is 5.01. The van der Waals surface area contributed by atoms with Crippen LogP contribution in [0, 0.1) is 0 Å². The number of rotatable bonds is 7. The maximum Gasteiger partial charge on any atom is 0.329 e. The predicted octanol–water partition coefficient (Wildman–Crippen LogP) is 2.50. The van der Waals surface area contributed by atoms with Gasteiger partial charge in [-0.3, -0.25) is 4.79 Å². The highest BCUT2D eigenvalue weighted by Crippen LogP contribution is 2.23. The van der Waals surface area contributed by atoms with Crippen molar-refractivity contribution in [3.8, 4) is 5.75 Å². The molecular formula is C15H21NO4S. The molecule has 1 rings (SSSR count). The van der Waals surface area contributed by atoms with Crippen molar-refractivity contribution in [2.75, 3.05) is 19.4 Å². The van der Waals surface area contributed by atoms with Crippen molar-refractivity contribution in [1.29, 1.82) is 0 Å². The van der Waals surface area contributed by atoms with E-state index in [2.05, 4.69) is 0 Å². The largest absolute Gasteiger partial charge is 0.494 e. The third kappa shape index (κ3) is 4.67. The van der Waals surface area contributed by atoms with Crippen molar-refractivity contribution >= 4 is 23.6 Å². The third-order valence-electron chi connectivity index (χ3n) is 3.23. The maximum atomic E-state index is 12.1. The van der Waals surface area contributed by atoms with E-state index in [0.29, 0.717) is 6.61 Å². The minimum absolute atomic E-state index is 0.196. The number of aliphatic carboxylic acids is 1. The number of carbonyl (C=O) groups excluding carboxylic acids is 1. The van der Waals surface area contributed by atoms with Crippen LogP contribution in [0.15, 0.2) is 29.2 Å². The second-order valence-corrected chi connectivity index (χ2v) is 6.06. The zero-order valence-electron chi connectivity index (χ0n) is 12.8. The Kier molecular flexibility index (Phi) is 6.08. The first-order valence-corrected chi connectivity index (χ1v) is 7.63. The summed E-state index contributed by atoms with van der Waals surface area (Å²) in [5, 5.41) is 9.11. The molecule has 0 spiro atoms. The van der Waals surface area contributed by atoms with Crippen molar-refractivity contribution in [3.05, 3.63) is 24.3 Å². The summed E-state index contributed by atoms with van der Waals surface area (Å²) in [7, 11) is 1.51. The van der Waals surface area contributed by atoms with E-state index < -0.39 is 11.5 Å². The molecule has 5 nitrogen and oxygen atoms in total. The van der Waals surface area contributed by atoms with Gasteiger partial charge in [-0.15, -0.1) is 11.8 Å². The molecule has 0 saturated heterocycles. The number of hydrogen-bond donors (Lipinski definition) is 1. The monoisotopic (exact) mass is 311 g/mol. The molecule has 0 saturated carbocycles. The first-order valence-electron chi connectivity index (χ1n) is 6.64. The molecule has 0 aliphatic carbocycles. The molecule has 6 heteroatoms. The van der Waals surface area contributed by atoms with Crippen LogP contribution in [0.5, 0.6) is 5.75 Å². The van der Waals surface area contributed by atoms with Crippen LogP contribution < -0.4 is 4.74 Å². The van der Waals surface area contributed by atoms with Crippen LogP contribution in [-0.4, -0.2) is 46.8 Å². The Balaban J connectivity index is 2.58. The molecule has 1 N–H and O–H groups in total. The lowest BCUT2D eigenvalue weighted by molar-refractivity contribution is -0.154. The lowest BCUT2D eigenvalue weighted by atomic mass is 10.0. The Morgan fingerprint density at radius 1 is 1.29 bits per heavy atom. The van der Waals surface area contributed by atoms with E-state index >= 15 is 0 Å². The Morgan fingerprint density at radius 2 is 1.86 bits per heavy atom. The number of nitrogens with zero attached hydrogens (tertiary/aromatic N) is 1. The molecule has 116 valence electrons. The summed E-state index contributed by atoms with van der Waals surface area (Å²) in [5.41, 5.74) is -1.21. The fourth-order valence-corrected chi connectivity index (χ4v) is 2.31. The predicted molar refractivity (Wildman–Crippen MR) is 82.8 cm³/mol. The number of amides is 1. The molecule has 0 aliphatic heterocycles. The van der Waals surface area contributed by atoms with Crippen molar-refractivity contribution in [2.24, 2.45) is 0 Å². The smallest absolute Gasteiger partial charge is 0.329 e. The first-order chi connectivity index (χ1) is 9.78. The molecule has 1 amide bonds. The van der Waals surface area contributed by atoms with Gasteiger partial charge in [0.05, 0.1) is 12.4 Å².